The Morgan fingerprint density at radius 1 is 0.951 bits per heavy atom. The van der Waals surface area contributed by atoms with Crippen molar-refractivity contribution in [2.75, 3.05) is 6.61 Å². The molecule has 0 unspecified atom stereocenters. The standard InChI is InChI=1S/C29H24O12/c30-13-21-24(35)28(41-22(34)10-3-14-1-6-16(31)7-2-14)29(40-21)38-18-11-19(33)23-20(12-18)39-27(26(37)25(23)36)15-4-8-17(32)9-5-15/h1-12,21,24,28-33,35,37H,13H2/b10-3+/t21-,24-,28+,29+/m0/s1. The summed E-state index contributed by atoms with van der Waals surface area (Å²) in [5.41, 5.74) is -0.229. The Morgan fingerprint density at radius 3 is 2.27 bits per heavy atom. The molecule has 0 radical (unpaired) electrons. The van der Waals surface area contributed by atoms with E-state index in [9.17, 15) is 40.2 Å². The van der Waals surface area contributed by atoms with Crippen LogP contribution >= 0.6 is 0 Å². The van der Waals surface area contributed by atoms with Crippen molar-refractivity contribution >= 4 is 23.0 Å². The lowest BCUT2D eigenvalue weighted by molar-refractivity contribution is -0.162. The normalized spacial score (nSPS) is 20.4. The fourth-order valence-electron chi connectivity index (χ4n) is 4.27. The van der Waals surface area contributed by atoms with Crippen molar-refractivity contribution in [3.63, 3.8) is 0 Å². The lowest BCUT2D eigenvalue weighted by Crippen LogP contribution is -2.39. The maximum atomic E-state index is 12.8. The molecule has 1 fully saturated rings. The van der Waals surface area contributed by atoms with Gasteiger partial charge in [0.05, 0.1) is 6.61 Å². The number of carbonyl (C=O) groups excluding carboxylic acids is 1. The van der Waals surface area contributed by atoms with Crippen LogP contribution in [0.25, 0.3) is 28.4 Å². The van der Waals surface area contributed by atoms with Gasteiger partial charge in [0.25, 0.3) is 0 Å². The molecular formula is C29H24O12. The molecule has 3 aromatic carbocycles. The number of rotatable bonds is 7. The van der Waals surface area contributed by atoms with Crippen molar-refractivity contribution in [2.24, 2.45) is 0 Å². The molecule has 6 N–H and O–H groups in total. The summed E-state index contributed by atoms with van der Waals surface area (Å²) in [7, 11) is 0. The Kier molecular flexibility index (Phi) is 7.53. The van der Waals surface area contributed by atoms with Crippen molar-refractivity contribution in [1.82, 2.24) is 0 Å². The lowest BCUT2D eigenvalue weighted by atomic mass is 10.1. The second kappa shape index (κ2) is 11.2. The van der Waals surface area contributed by atoms with Gasteiger partial charge in [-0.05, 0) is 48.0 Å². The molecule has 4 atom stereocenters. The number of aromatic hydroxyl groups is 4. The van der Waals surface area contributed by atoms with Gasteiger partial charge in [0, 0.05) is 23.8 Å². The molecule has 2 heterocycles. The maximum Gasteiger partial charge on any atom is 0.331 e. The van der Waals surface area contributed by atoms with E-state index in [1.54, 1.807) is 12.1 Å². The van der Waals surface area contributed by atoms with Gasteiger partial charge in [-0.1, -0.05) is 12.1 Å². The van der Waals surface area contributed by atoms with E-state index < -0.39 is 54.1 Å². The molecule has 41 heavy (non-hydrogen) atoms. The number of hydrogen-bond acceptors (Lipinski definition) is 12. The molecule has 0 spiro atoms. The van der Waals surface area contributed by atoms with Crippen LogP contribution in [0.4, 0.5) is 0 Å². The molecule has 212 valence electrons. The molecule has 0 saturated carbocycles. The fourth-order valence-corrected chi connectivity index (χ4v) is 4.27. The van der Waals surface area contributed by atoms with E-state index in [-0.39, 0.29) is 39.5 Å². The SMILES string of the molecule is O=C(/C=C/c1ccc(O)cc1)O[C@H]1[C@H](Oc2cc(O)c3c(=O)c(O)c(-c4ccc(O)cc4)oc3c2)O[C@@H](CO)[C@@H]1O. The first-order valence-electron chi connectivity index (χ1n) is 12.3. The van der Waals surface area contributed by atoms with Gasteiger partial charge in [-0.15, -0.1) is 0 Å². The quantitative estimate of drug-likeness (QED) is 0.142. The van der Waals surface area contributed by atoms with Crippen LogP contribution < -0.4 is 10.2 Å². The molecule has 0 aliphatic carbocycles. The molecule has 1 aliphatic heterocycles. The monoisotopic (exact) mass is 564 g/mol. The van der Waals surface area contributed by atoms with E-state index in [1.807, 2.05) is 0 Å². The third kappa shape index (κ3) is 5.65. The van der Waals surface area contributed by atoms with Gasteiger partial charge in [-0.3, -0.25) is 4.79 Å². The predicted molar refractivity (Wildman–Crippen MR) is 142 cm³/mol. The Bertz CT molecular complexity index is 1660. The van der Waals surface area contributed by atoms with Crippen molar-refractivity contribution in [1.29, 1.82) is 0 Å². The number of esters is 1. The van der Waals surface area contributed by atoms with Gasteiger partial charge >= 0.3 is 5.97 Å². The van der Waals surface area contributed by atoms with Crippen molar-refractivity contribution in [3.8, 4) is 40.1 Å². The molecule has 5 rings (SSSR count). The number of ether oxygens (including phenoxy) is 3. The number of aliphatic hydroxyl groups excluding tert-OH is 2. The largest absolute Gasteiger partial charge is 0.508 e. The van der Waals surface area contributed by atoms with E-state index >= 15 is 0 Å². The average molecular weight is 564 g/mol. The highest BCUT2D eigenvalue weighted by atomic mass is 16.7. The predicted octanol–water partition coefficient (Wildman–Crippen LogP) is 2.36. The number of aliphatic hydroxyl groups is 2. The Balaban J connectivity index is 1.42. The lowest BCUT2D eigenvalue weighted by Gasteiger charge is -2.21. The summed E-state index contributed by atoms with van der Waals surface area (Å²) in [4.78, 5) is 25.3. The zero-order valence-corrected chi connectivity index (χ0v) is 21.1. The summed E-state index contributed by atoms with van der Waals surface area (Å²) in [6.45, 7) is -0.620. The maximum absolute atomic E-state index is 12.8. The molecule has 0 bridgehead atoms. The number of phenols is 3. The zero-order chi connectivity index (χ0) is 29.3. The minimum absolute atomic E-state index is 0.0456. The molecule has 1 saturated heterocycles. The number of phenolic OH excluding ortho intramolecular Hbond substituents is 3. The van der Waals surface area contributed by atoms with Crippen LogP contribution in [0.2, 0.25) is 0 Å². The fraction of sp³-hybridized carbons (Fsp3) is 0.172. The van der Waals surface area contributed by atoms with Gasteiger partial charge in [-0.2, -0.15) is 0 Å². The molecule has 4 aromatic rings. The van der Waals surface area contributed by atoms with Crippen LogP contribution in [-0.2, 0) is 14.3 Å². The topological polar surface area (TPSA) is 196 Å². The molecule has 1 aromatic heterocycles. The Morgan fingerprint density at radius 2 is 1.61 bits per heavy atom. The average Bonchev–Trinajstić information content (AvgIpc) is 3.24. The van der Waals surface area contributed by atoms with Crippen molar-refractivity contribution in [3.05, 3.63) is 82.5 Å². The first kappa shape index (κ1) is 27.5. The first-order chi connectivity index (χ1) is 19.6. The molecular weight excluding hydrogens is 540 g/mol. The second-order valence-corrected chi connectivity index (χ2v) is 9.13. The van der Waals surface area contributed by atoms with E-state index in [2.05, 4.69) is 0 Å². The molecule has 12 nitrogen and oxygen atoms in total. The van der Waals surface area contributed by atoms with Gasteiger partial charge in [0.1, 0.15) is 46.2 Å². The minimum atomic E-state index is -1.47. The van der Waals surface area contributed by atoms with Crippen LogP contribution in [0.3, 0.4) is 0 Å². The first-order valence-corrected chi connectivity index (χ1v) is 12.3. The summed E-state index contributed by atoms with van der Waals surface area (Å²) in [5, 5.41) is 59.8. The zero-order valence-electron chi connectivity index (χ0n) is 21.1. The highest BCUT2D eigenvalue weighted by Crippen LogP contribution is 2.37. The van der Waals surface area contributed by atoms with E-state index in [0.29, 0.717) is 5.56 Å². The van der Waals surface area contributed by atoms with E-state index in [4.69, 9.17) is 18.6 Å². The number of carbonyl (C=O) groups is 1. The number of benzene rings is 3. The minimum Gasteiger partial charge on any atom is -0.508 e. The van der Waals surface area contributed by atoms with Crippen molar-refractivity contribution < 1.29 is 54.1 Å². The highest BCUT2D eigenvalue weighted by Gasteiger charge is 2.47. The van der Waals surface area contributed by atoms with E-state index in [1.165, 1.54) is 48.5 Å². The van der Waals surface area contributed by atoms with Gasteiger partial charge in [-0.25, -0.2) is 4.79 Å². The van der Waals surface area contributed by atoms with Crippen LogP contribution in [0, 0.1) is 0 Å². The molecule has 1 aliphatic rings. The molecule has 0 amide bonds. The van der Waals surface area contributed by atoms with Gasteiger partial charge in [0.2, 0.25) is 17.5 Å². The summed E-state index contributed by atoms with van der Waals surface area (Å²) < 4.78 is 22.3. The summed E-state index contributed by atoms with van der Waals surface area (Å²) in [6.07, 6.45) is -2.96. The summed E-state index contributed by atoms with van der Waals surface area (Å²) in [5.74, 6) is -2.54. The van der Waals surface area contributed by atoms with Gasteiger partial charge < -0.3 is 49.3 Å². The highest BCUT2D eigenvalue weighted by molar-refractivity contribution is 5.88. The van der Waals surface area contributed by atoms with E-state index in [0.717, 1.165) is 12.1 Å². The smallest absolute Gasteiger partial charge is 0.331 e. The number of hydrogen-bond donors (Lipinski definition) is 6. The van der Waals surface area contributed by atoms with Crippen LogP contribution in [0.1, 0.15) is 5.56 Å². The summed E-state index contributed by atoms with van der Waals surface area (Å²) >= 11 is 0. The van der Waals surface area contributed by atoms with Gasteiger partial charge in [0.15, 0.2) is 11.9 Å². The number of fused-ring (bicyclic) bond motifs is 1. The third-order valence-corrected chi connectivity index (χ3v) is 6.34. The van der Waals surface area contributed by atoms with Crippen LogP contribution in [0.15, 0.2) is 76.0 Å². The Hall–Kier alpha value is -5.04. The van der Waals surface area contributed by atoms with Crippen LogP contribution in [0.5, 0.6) is 28.7 Å². The molecule has 12 heteroatoms. The third-order valence-electron chi connectivity index (χ3n) is 6.34. The Labute approximate surface area is 231 Å². The second-order valence-electron chi connectivity index (χ2n) is 9.13. The summed E-state index contributed by atoms with van der Waals surface area (Å²) in [6, 6.07) is 13.8. The van der Waals surface area contributed by atoms with Crippen LogP contribution in [-0.4, -0.2) is 67.8 Å². The van der Waals surface area contributed by atoms with Crippen molar-refractivity contribution in [2.45, 2.75) is 24.6 Å².